The normalized spacial score (nSPS) is 24.9. The van der Waals surface area contributed by atoms with Gasteiger partial charge >= 0.3 is 16.5 Å². The third kappa shape index (κ3) is 6.96. The van der Waals surface area contributed by atoms with E-state index >= 15 is 0 Å². The molecule has 2 aliphatic heterocycles. The Morgan fingerprint density at radius 2 is 1.76 bits per heavy atom. The summed E-state index contributed by atoms with van der Waals surface area (Å²) in [4.78, 5) is 48.3. The molecule has 0 bridgehead atoms. The molecule has 2 fully saturated rings. The third-order valence-electron chi connectivity index (χ3n) is 5.62. The standard InChI is InChI=1S/C19H23N6O7P.H3O3P.Y/c1-24(2)10-5-3-9(4-6-10)18-31-13-11(7-29-33(27)28)30-17(14(13)32-18)25-8-21-12-15(25)22-19(20)23-16(12)26;1-4(2)3;/h3-6,8,11,13-14,17-18,33H,7H2,1-2H3,(H,27,28)(H3,20,22,23,26);4H,(H2,1,2,3);/t11-,13?,14?,17-,18?;;/m1../s1. The summed E-state index contributed by atoms with van der Waals surface area (Å²) in [5.41, 5.74) is 7.38. The fourth-order valence-electron chi connectivity index (χ4n) is 4.06. The molecule has 2 aliphatic rings. The quantitative estimate of drug-likeness (QED) is 0.220. The maximum Gasteiger partial charge on any atom is 0.316 e. The van der Waals surface area contributed by atoms with Crippen molar-refractivity contribution < 1.29 is 75.3 Å². The van der Waals surface area contributed by atoms with E-state index in [9.17, 15) is 9.36 Å². The fraction of sp³-hybridized carbons (Fsp3) is 0.421. The van der Waals surface area contributed by atoms with Gasteiger partial charge in [0.25, 0.3) is 5.56 Å². The SMILES string of the molecule is CN(C)c1ccc(C2OC3C(O2)[C@@H](CO[PH](=O)O)O[C@H]3n2cnc3c(=O)[nH]c(N)nc32)cc1.O=[PH](O)O.[Y]. The number of nitrogens with zero attached hydrogens (tertiary/aromatic N) is 4. The van der Waals surface area contributed by atoms with Crippen molar-refractivity contribution in [2.45, 2.75) is 30.8 Å². The Kier molecular flexibility index (Phi) is 10.8. The Morgan fingerprint density at radius 3 is 2.37 bits per heavy atom. The van der Waals surface area contributed by atoms with E-state index in [1.54, 1.807) is 4.57 Å². The summed E-state index contributed by atoms with van der Waals surface area (Å²) in [6.45, 7) is -0.176. The number of aromatic amines is 1. The second kappa shape index (κ2) is 13.2. The van der Waals surface area contributed by atoms with Crippen LogP contribution in [0.15, 0.2) is 35.4 Å². The molecule has 3 aromatic rings. The monoisotopic (exact) mass is 649 g/mol. The smallest absolute Gasteiger partial charge is 0.316 e. The zero-order valence-corrected chi connectivity index (χ0v) is 25.0. The minimum absolute atomic E-state index is 0. The van der Waals surface area contributed by atoms with Crippen molar-refractivity contribution >= 4 is 39.3 Å². The van der Waals surface area contributed by atoms with Crippen molar-refractivity contribution in [2.24, 2.45) is 0 Å². The molecule has 38 heavy (non-hydrogen) atoms. The molecule has 6 N–H and O–H groups in total. The van der Waals surface area contributed by atoms with Gasteiger partial charge in [-0.15, -0.1) is 0 Å². The van der Waals surface area contributed by atoms with E-state index in [4.69, 9.17) is 43.7 Å². The number of rotatable bonds is 6. The number of nitrogen functional groups attached to an aromatic ring is 1. The summed E-state index contributed by atoms with van der Waals surface area (Å²) in [5.74, 6) is -0.0648. The molecule has 5 rings (SSSR count). The van der Waals surface area contributed by atoms with E-state index in [-0.39, 0.29) is 56.4 Å². The zero-order valence-electron chi connectivity index (χ0n) is 20.1. The van der Waals surface area contributed by atoms with Gasteiger partial charge in [0, 0.05) is 58.1 Å². The van der Waals surface area contributed by atoms with Gasteiger partial charge in [-0.3, -0.25) is 23.5 Å². The first kappa shape index (κ1) is 31.0. The number of fused-ring (bicyclic) bond motifs is 2. The van der Waals surface area contributed by atoms with Crippen LogP contribution in [0.25, 0.3) is 11.2 Å². The van der Waals surface area contributed by atoms with Gasteiger partial charge in [0.2, 0.25) is 5.95 Å². The number of nitrogens with one attached hydrogen (secondary N) is 1. The van der Waals surface area contributed by atoms with Crippen molar-refractivity contribution in [3.05, 3.63) is 46.5 Å². The minimum atomic E-state index is -3.17. The summed E-state index contributed by atoms with van der Waals surface area (Å²) in [5, 5.41) is 0. The molecule has 0 amide bonds. The van der Waals surface area contributed by atoms with Gasteiger partial charge in [0.05, 0.1) is 12.9 Å². The largest absolute Gasteiger partial charge is 0.378 e. The molecule has 2 aromatic heterocycles. The Morgan fingerprint density at radius 1 is 1.13 bits per heavy atom. The first-order chi connectivity index (χ1) is 17.5. The van der Waals surface area contributed by atoms with E-state index in [2.05, 4.69) is 15.0 Å². The molecule has 2 saturated heterocycles. The number of ether oxygens (including phenoxy) is 3. The van der Waals surface area contributed by atoms with Gasteiger partial charge < -0.3 is 44.0 Å². The first-order valence-electron chi connectivity index (χ1n) is 10.8. The van der Waals surface area contributed by atoms with Crippen molar-refractivity contribution in [1.82, 2.24) is 19.5 Å². The molecular weight excluding hydrogens is 623 g/mol. The van der Waals surface area contributed by atoms with Crippen molar-refractivity contribution in [2.75, 3.05) is 31.3 Å². The fourth-order valence-corrected chi connectivity index (χ4v) is 4.37. The van der Waals surface area contributed by atoms with Gasteiger partial charge in [-0.2, -0.15) is 4.98 Å². The van der Waals surface area contributed by atoms with Crippen LogP contribution in [0.1, 0.15) is 18.1 Å². The van der Waals surface area contributed by atoms with Crippen LogP contribution >= 0.6 is 16.5 Å². The maximum absolute atomic E-state index is 12.2. The summed E-state index contributed by atoms with van der Waals surface area (Å²) in [6.07, 6.45) is -2.00. The van der Waals surface area contributed by atoms with Crippen LogP contribution in [-0.4, -0.2) is 73.2 Å². The second-order valence-corrected chi connectivity index (χ2v) is 9.60. The van der Waals surface area contributed by atoms with E-state index in [1.165, 1.54) is 6.33 Å². The average molecular weight is 649 g/mol. The van der Waals surface area contributed by atoms with E-state index < -0.39 is 52.9 Å². The number of nitrogens with two attached hydrogens (primary N) is 1. The Labute approximate surface area is 241 Å². The summed E-state index contributed by atoms with van der Waals surface area (Å²) >= 11 is 0. The number of anilines is 2. The molecule has 4 unspecified atom stereocenters. The zero-order chi connectivity index (χ0) is 26.9. The molecule has 4 heterocycles. The molecule has 205 valence electrons. The van der Waals surface area contributed by atoms with Gasteiger partial charge in [-0.1, -0.05) is 12.1 Å². The summed E-state index contributed by atoms with van der Waals surface area (Å²) in [7, 11) is -2.40. The van der Waals surface area contributed by atoms with Crippen molar-refractivity contribution in [3.8, 4) is 0 Å². The van der Waals surface area contributed by atoms with Crippen molar-refractivity contribution in [3.63, 3.8) is 0 Å². The van der Waals surface area contributed by atoms with Crippen LogP contribution in [0, 0.1) is 0 Å². The van der Waals surface area contributed by atoms with Crippen molar-refractivity contribution in [1.29, 1.82) is 0 Å². The molecule has 1 radical (unpaired) electrons. The van der Waals surface area contributed by atoms with E-state index in [0.717, 1.165) is 11.3 Å². The van der Waals surface area contributed by atoms with Crippen LogP contribution < -0.4 is 16.2 Å². The van der Waals surface area contributed by atoms with Crippen LogP contribution in [0.2, 0.25) is 0 Å². The number of imidazole rings is 1. The Hall–Kier alpha value is -1.55. The molecule has 6 atom stereocenters. The summed E-state index contributed by atoms with van der Waals surface area (Å²) in [6, 6.07) is 7.71. The van der Waals surface area contributed by atoms with Crippen LogP contribution in [0.4, 0.5) is 11.6 Å². The average Bonchev–Trinajstić information content (AvgIpc) is 3.51. The minimum Gasteiger partial charge on any atom is -0.378 e. The van der Waals surface area contributed by atoms with Crippen LogP contribution in [-0.2, 0) is 60.6 Å². The number of benzene rings is 1. The van der Waals surface area contributed by atoms with E-state index in [0.29, 0.717) is 0 Å². The predicted octanol–water partition coefficient (Wildman–Crippen LogP) is -0.0952. The topological polar surface area (TPSA) is 225 Å². The molecule has 19 heteroatoms. The van der Waals surface area contributed by atoms with Gasteiger partial charge in [0.15, 0.2) is 23.7 Å². The van der Waals surface area contributed by atoms with E-state index in [1.807, 2.05) is 43.3 Å². The number of aromatic nitrogens is 4. The van der Waals surface area contributed by atoms with Gasteiger partial charge in [-0.05, 0) is 12.1 Å². The Bertz CT molecular complexity index is 1350. The molecule has 0 spiro atoms. The maximum atomic E-state index is 12.2. The van der Waals surface area contributed by atoms with Gasteiger partial charge in [0.1, 0.15) is 18.3 Å². The van der Waals surface area contributed by atoms with Crippen LogP contribution in [0.3, 0.4) is 0 Å². The molecular formula is C19H26N6O10P2Y. The number of hydrogen-bond acceptors (Lipinski definition) is 11. The molecule has 0 aliphatic carbocycles. The second-order valence-electron chi connectivity index (χ2n) is 8.22. The third-order valence-corrected chi connectivity index (χ3v) is 6.04. The van der Waals surface area contributed by atoms with Gasteiger partial charge in [-0.25, -0.2) is 4.98 Å². The molecule has 0 saturated carbocycles. The van der Waals surface area contributed by atoms with Crippen LogP contribution in [0.5, 0.6) is 0 Å². The molecule has 16 nitrogen and oxygen atoms in total. The summed E-state index contributed by atoms with van der Waals surface area (Å²) < 4.78 is 44.8. The molecule has 1 aromatic carbocycles. The number of H-pyrrole nitrogens is 1. The number of hydrogen-bond donors (Lipinski definition) is 5. The Balaban J connectivity index is 0.000000749. The predicted molar refractivity (Wildman–Crippen MR) is 130 cm³/mol. The first-order valence-corrected chi connectivity index (χ1v) is 13.4.